The molecule has 3 aromatic rings. The highest BCUT2D eigenvalue weighted by Crippen LogP contribution is 2.61. The van der Waals surface area contributed by atoms with E-state index in [4.69, 9.17) is 9.73 Å². The summed E-state index contributed by atoms with van der Waals surface area (Å²) in [4.78, 5) is 25.6. The summed E-state index contributed by atoms with van der Waals surface area (Å²) in [6.07, 6.45) is 4.40. The van der Waals surface area contributed by atoms with Gasteiger partial charge in [-0.25, -0.2) is 14.4 Å². The van der Waals surface area contributed by atoms with Crippen molar-refractivity contribution in [2.45, 2.75) is 65.6 Å². The molecule has 1 saturated heterocycles. The fourth-order valence-electron chi connectivity index (χ4n) is 7.39. The predicted molar refractivity (Wildman–Crippen MR) is 166 cm³/mol. The molecule has 9 heteroatoms. The third-order valence-electron chi connectivity index (χ3n) is 10.2. The third kappa shape index (κ3) is 5.39. The monoisotopic (exact) mass is 574 g/mol. The quantitative estimate of drug-likeness (QED) is 0.321. The summed E-state index contributed by atoms with van der Waals surface area (Å²) in [6, 6.07) is 11.2. The number of nitrogens with zero attached hydrogens (tertiary/aromatic N) is 4. The molecule has 42 heavy (non-hydrogen) atoms. The van der Waals surface area contributed by atoms with Crippen LogP contribution in [0.5, 0.6) is 5.75 Å². The van der Waals surface area contributed by atoms with Gasteiger partial charge in [0.25, 0.3) is 5.56 Å². The molecule has 0 spiro atoms. The highest BCUT2D eigenvalue weighted by molar-refractivity contribution is 5.96. The summed E-state index contributed by atoms with van der Waals surface area (Å²) < 4.78 is 21.0. The fraction of sp³-hybridized carbons (Fsp3) is 0.545. The normalized spacial score (nSPS) is 27.0. The van der Waals surface area contributed by atoms with E-state index in [0.29, 0.717) is 58.6 Å². The average Bonchev–Trinajstić information content (AvgIpc) is 2.97. The Kier molecular flexibility index (Phi) is 7.72. The standard InChI is InChI=1S/C33H43FN6O2/c1-20-18-39(13-11-35-20)32(38-29-15-23-14-27(21(29)2)33(23,3)4)37-24-7-9-26-30(16-24)36-19-40(31(26)41)12-10-22-6-8-25(42-5)17-28(22)34/h6-9,16-17,19-21,23,27,29,35H,10-15,18H2,1-5H3,(H,37,38)/t20-,21-,23+,27-,29-/m0/s1. The number of methoxy groups -OCH3 is 1. The Hall–Kier alpha value is -3.46. The second-order valence-electron chi connectivity index (χ2n) is 13.1. The zero-order valence-electron chi connectivity index (χ0n) is 25.4. The number of hydrogen-bond acceptors (Lipinski definition) is 5. The van der Waals surface area contributed by atoms with Crippen LogP contribution in [0.2, 0.25) is 0 Å². The van der Waals surface area contributed by atoms with Gasteiger partial charge in [0, 0.05) is 44.0 Å². The van der Waals surface area contributed by atoms with E-state index in [-0.39, 0.29) is 11.4 Å². The van der Waals surface area contributed by atoms with Crippen LogP contribution in [0.15, 0.2) is 52.5 Å². The van der Waals surface area contributed by atoms with Crippen LogP contribution in [0.3, 0.4) is 0 Å². The van der Waals surface area contributed by atoms with Gasteiger partial charge in [0.15, 0.2) is 5.96 Å². The molecular formula is C33H43FN6O2. The summed E-state index contributed by atoms with van der Waals surface area (Å²) in [5.41, 5.74) is 2.31. The number of hydrogen-bond donors (Lipinski definition) is 2. The molecule has 224 valence electrons. The van der Waals surface area contributed by atoms with Crippen molar-refractivity contribution in [1.29, 1.82) is 0 Å². The van der Waals surface area contributed by atoms with Crippen LogP contribution in [-0.4, -0.2) is 59.2 Å². The van der Waals surface area contributed by atoms with E-state index in [2.05, 4.69) is 48.2 Å². The highest BCUT2D eigenvalue weighted by Gasteiger charge is 2.56. The van der Waals surface area contributed by atoms with E-state index in [1.807, 2.05) is 18.2 Å². The minimum absolute atomic E-state index is 0.136. The van der Waals surface area contributed by atoms with Crippen molar-refractivity contribution in [2.24, 2.45) is 28.2 Å². The number of benzene rings is 2. The van der Waals surface area contributed by atoms with Crippen LogP contribution >= 0.6 is 0 Å². The Morgan fingerprint density at radius 3 is 2.76 bits per heavy atom. The van der Waals surface area contributed by atoms with Crippen molar-refractivity contribution < 1.29 is 9.13 Å². The summed E-state index contributed by atoms with van der Waals surface area (Å²) in [5, 5.41) is 7.70. The van der Waals surface area contributed by atoms with Crippen molar-refractivity contribution in [2.75, 3.05) is 32.1 Å². The van der Waals surface area contributed by atoms with Gasteiger partial charge < -0.3 is 20.3 Å². The number of aryl methyl sites for hydroxylation is 2. The lowest BCUT2D eigenvalue weighted by atomic mass is 9.45. The third-order valence-corrected chi connectivity index (χ3v) is 10.2. The van der Waals surface area contributed by atoms with E-state index < -0.39 is 0 Å². The highest BCUT2D eigenvalue weighted by atomic mass is 19.1. The minimum Gasteiger partial charge on any atom is -0.497 e. The van der Waals surface area contributed by atoms with Gasteiger partial charge in [-0.15, -0.1) is 0 Å². The maximum atomic E-state index is 14.4. The molecule has 2 aromatic carbocycles. The van der Waals surface area contributed by atoms with Gasteiger partial charge in [-0.05, 0) is 79.2 Å². The number of rotatable bonds is 6. The van der Waals surface area contributed by atoms with E-state index in [1.54, 1.807) is 23.0 Å². The maximum absolute atomic E-state index is 14.4. The zero-order valence-corrected chi connectivity index (χ0v) is 25.4. The Morgan fingerprint density at radius 2 is 2.05 bits per heavy atom. The largest absolute Gasteiger partial charge is 0.497 e. The van der Waals surface area contributed by atoms with Gasteiger partial charge in [0.1, 0.15) is 11.6 Å². The van der Waals surface area contributed by atoms with Crippen molar-refractivity contribution in [3.05, 3.63) is 64.5 Å². The molecule has 4 aliphatic rings. The molecule has 2 bridgehead atoms. The van der Waals surface area contributed by atoms with Crippen LogP contribution in [0.4, 0.5) is 10.1 Å². The van der Waals surface area contributed by atoms with Gasteiger partial charge >= 0.3 is 0 Å². The smallest absolute Gasteiger partial charge is 0.261 e. The molecule has 0 unspecified atom stereocenters. The van der Waals surface area contributed by atoms with Gasteiger partial charge in [-0.2, -0.15) is 0 Å². The molecule has 3 aliphatic carbocycles. The van der Waals surface area contributed by atoms with Crippen LogP contribution in [-0.2, 0) is 13.0 Å². The van der Waals surface area contributed by atoms with E-state index in [1.165, 1.54) is 19.6 Å². The second-order valence-corrected chi connectivity index (χ2v) is 13.1. The molecule has 5 atom stereocenters. The van der Waals surface area contributed by atoms with Gasteiger partial charge in [0.05, 0.1) is 30.4 Å². The Labute approximate surface area is 247 Å². The Morgan fingerprint density at radius 1 is 1.21 bits per heavy atom. The molecule has 4 fully saturated rings. The SMILES string of the molecule is COc1ccc(CCn2cnc3cc(N/C(=N/[C@H]4C[C@H]5C[C@@H]([C@@H]4C)C5(C)C)N4CCN[C@@H](C)C4)ccc3c2=O)c(F)c1. The van der Waals surface area contributed by atoms with Crippen molar-refractivity contribution >= 4 is 22.5 Å². The van der Waals surface area contributed by atoms with Crippen LogP contribution < -0.4 is 20.9 Å². The number of guanidine groups is 1. The number of fused-ring (bicyclic) bond motifs is 3. The van der Waals surface area contributed by atoms with Crippen molar-refractivity contribution in [1.82, 2.24) is 19.8 Å². The number of halogens is 1. The molecule has 2 N–H and O–H groups in total. The molecule has 7 rings (SSSR count). The summed E-state index contributed by atoms with van der Waals surface area (Å²) in [6.45, 7) is 12.5. The van der Waals surface area contributed by atoms with Crippen molar-refractivity contribution in [3.63, 3.8) is 0 Å². The first-order valence-corrected chi connectivity index (χ1v) is 15.3. The number of aromatic nitrogens is 2. The van der Waals surface area contributed by atoms with Crippen LogP contribution in [0, 0.1) is 29.0 Å². The first kappa shape index (κ1) is 28.6. The molecule has 0 radical (unpaired) electrons. The summed E-state index contributed by atoms with van der Waals surface area (Å²) >= 11 is 0. The second kappa shape index (κ2) is 11.3. The Bertz CT molecular complexity index is 1550. The number of aliphatic imine (C=N–C) groups is 1. The number of nitrogens with one attached hydrogen (secondary N) is 2. The molecule has 2 heterocycles. The van der Waals surface area contributed by atoms with E-state index in [9.17, 15) is 9.18 Å². The summed E-state index contributed by atoms with van der Waals surface area (Å²) in [7, 11) is 1.51. The molecule has 8 nitrogen and oxygen atoms in total. The van der Waals surface area contributed by atoms with E-state index in [0.717, 1.165) is 49.5 Å². The molecule has 3 saturated carbocycles. The minimum atomic E-state index is -0.341. The lowest BCUT2D eigenvalue weighted by molar-refractivity contribution is -0.108. The molecular weight excluding hydrogens is 531 g/mol. The van der Waals surface area contributed by atoms with Crippen molar-refractivity contribution in [3.8, 4) is 5.75 Å². The van der Waals surface area contributed by atoms with Gasteiger partial charge in [-0.3, -0.25) is 9.36 Å². The first-order valence-electron chi connectivity index (χ1n) is 15.3. The fourth-order valence-corrected chi connectivity index (χ4v) is 7.39. The maximum Gasteiger partial charge on any atom is 0.261 e. The van der Waals surface area contributed by atoms with E-state index >= 15 is 0 Å². The lowest BCUT2D eigenvalue weighted by Crippen LogP contribution is -2.57. The average molecular weight is 575 g/mol. The van der Waals surface area contributed by atoms with Gasteiger partial charge in [-0.1, -0.05) is 26.8 Å². The summed E-state index contributed by atoms with van der Waals surface area (Å²) in [5.74, 6) is 3.05. The molecule has 0 amide bonds. The van der Waals surface area contributed by atoms with Crippen LogP contribution in [0.25, 0.3) is 10.9 Å². The topological polar surface area (TPSA) is 83.8 Å². The number of piperazine rings is 1. The first-order chi connectivity index (χ1) is 20.1. The Balaban J connectivity index is 1.22. The van der Waals surface area contributed by atoms with Crippen LogP contribution in [0.1, 0.15) is 46.1 Å². The number of anilines is 1. The zero-order chi connectivity index (χ0) is 29.6. The predicted octanol–water partition coefficient (Wildman–Crippen LogP) is 4.92. The van der Waals surface area contributed by atoms with Gasteiger partial charge in [0.2, 0.25) is 0 Å². The molecule has 1 aliphatic heterocycles. The number of ether oxygens (including phenoxy) is 1. The lowest BCUT2D eigenvalue weighted by Gasteiger charge is -2.61. The molecule has 1 aromatic heterocycles.